The predicted molar refractivity (Wildman–Crippen MR) is 156 cm³/mol. The number of ether oxygens (including phenoxy) is 1. The maximum atomic E-state index is 16.1. The van der Waals surface area contributed by atoms with Crippen molar-refractivity contribution in [2.45, 2.75) is 58.2 Å². The number of hydrogen-bond donors (Lipinski definition) is 2. The van der Waals surface area contributed by atoms with Crippen molar-refractivity contribution < 1.29 is 36.3 Å². The van der Waals surface area contributed by atoms with Crippen molar-refractivity contribution in [3.63, 3.8) is 0 Å². The topological polar surface area (TPSA) is 133 Å². The number of fused-ring (bicyclic) bond motifs is 2. The highest BCUT2D eigenvalue weighted by Gasteiger charge is 2.48. The molecule has 0 radical (unpaired) electrons. The number of amides is 2. The molecule has 2 amide bonds. The molecule has 2 aliphatic rings. The smallest absolute Gasteiger partial charge is 0.433 e. The van der Waals surface area contributed by atoms with Gasteiger partial charge in [-0.05, 0) is 37.3 Å². The maximum absolute atomic E-state index is 16.1. The molecule has 5 heterocycles. The van der Waals surface area contributed by atoms with Crippen molar-refractivity contribution >= 4 is 29.0 Å². The zero-order chi connectivity index (χ0) is 33.3. The van der Waals surface area contributed by atoms with E-state index in [1.54, 1.807) is 11.8 Å². The molecule has 0 spiro atoms. The number of nitrogen functional groups attached to an aromatic ring is 1. The van der Waals surface area contributed by atoms with Crippen LogP contribution in [0.2, 0.25) is 0 Å². The number of nitrogens with two attached hydrogens (primary N) is 1. The fraction of sp³-hybridized carbons (Fsp3) is 0.433. The van der Waals surface area contributed by atoms with E-state index in [9.17, 15) is 22.8 Å². The Bertz CT molecular complexity index is 1880. The number of nitrogens with zero attached hydrogens (tertiary/aromatic N) is 6. The number of imidazole rings is 1. The van der Waals surface area contributed by atoms with Crippen LogP contribution in [0.4, 0.5) is 33.6 Å². The van der Waals surface area contributed by atoms with Gasteiger partial charge < -0.3 is 20.7 Å². The number of piperidine rings is 1. The minimum atomic E-state index is -4.71. The fourth-order valence-corrected chi connectivity index (χ4v) is 6.65. The van der Waals surface area contributed by atoms with Gasteiger partial charge in [-0.3, -0.25) is 18.7 Å². The molecular formula is C30H31F5N8O3. The lowest BCUT2D eigenvalue weighted by Gasteiger charge is -2.39. The Morgan fingerprint density at radius 2 is 1.93 bits per heavy atom. The van der Waals surface area contributed by atoms with E-state index >= 15 is 8.78 Å². The van der Waals surface area contributed by atoms with Crippen molar-refractivity contribution in [2.75, 3.05) is 24.2 Å². The summed E-state index contributed by atoms with van der Waals surface area (Å²) in [5.74, 6) is -3.57. The second-order valence-corrected chi connectivity index (χ2v) is 12.2. The van der Waals surface area contributed by atoms with Crippen molar-refractivity contribution in [3.05, 3.63) is 53.2 Å². The third-order valence-electron chi connectivity index (χ3n) is 8.71. The Morgan fingerprint density at radius 3 is 2.61 bits per heavy atom. The minimum absolute atomic E-state index is 0.00122. The quantitative estimate of drug-likeness (QED) is 0.277. The molecule has 6 rings (SSSR count). The summed E-state index contributed by atoms with van der Waals surface area (Å²) in [6, 6.07) is 2.75. The molecule has 0 bridgehead atoms. The third kappa shape index (κ3) is 5.18. The summed E-state index contributed by atoms with van der Waals surface area (Å²) in [4.78, 5) is 36.3. The molecular weight excluding hydrogens is 615 g/mol. The van der Waals surface area contributed by atoms with Gasteiger partial charge in [-0.25, -0.2) is 14.4 Å². The molecule has 0 unspecified atom stereocenters. The van der Waals surface area contributed by atoms with E-state index in [1.807, 2.05) is 13.8 Å². The summed E-state index contributed by atoms with van der Waals surface area (Å²) >= 11 is 0. The number of carbonyl (C=O) groups is 2. The summed E-state index contributed by atoms with van der Waals surface area (Å²) in [6.45, 7) is 6.04. The van der Waals surface area contributed by atoms with E-state index in [0.29, 0.717) is 30.0 Å². The summed E-state index contributed by atoms with van der Waals surface area (Å²) in [6.07, 6.45) is -2.12. The molecule has 3 aromatic heterocycles. The van der Waals surface area contributed by atoms with E-state index in [2.05, 4.69) is 20.4 Å². The molecule has 3 N–H and O–H groups in total. The Labute approximate surface area is 259 Å². The normalized spacial score (nSPS) is 19.5. The molecule has 16 heteroatoms. The fourth-order valence-electron chi connectivity index (χ4n) is 6.65. The SMILES string of the molecule is CCOc1cc(C(=O)Nc2cc(C(F)(F)F)n(C)n2)cc(F)c1-c1nc([C@@H]2CC[C@@H]3N(C2)C(=O)CC3(C)C)n2c(F)cnc(N)c12. The van der Waals surface area contributed by atoms with Crippen LogP contribution in [0.15, 0.2) is 24.4 Å². The molecule has 4 aromatic rings. The van der Waals surface area contributed by atoms with E-state index in [0.717, 1.165) is 19.3 Å². The Balaban J connectivity index is 1.42. The molecule has 2 atom stereocenters. The number of aromatic nitrogens is 5. The first-order valence-corrected chi connectivity index (χ1v) is 14.6. The maximum Gasteiger partial charge on any atom is 0.433 e. The van der Waals surface area contributed by atoms with E-state index in [1.165, 1.54) is 10.5 Å². The number of alkyl halides is 3. The van der Waals surface area contributed by atoms with Gasteiger partial charge in [-0.15, -0.1) is 0 Å². The number of halogens is 5. The summed E-state index contributed by atoms with van der Waals surface area (Å²) < 4.78 is 78.6. The van der Waals surface area contributed by atoms with Crippen LogP contribution >= 0.6 is 0 Å². The van der Waals surface area contributed by atoms with Crippen molar-refractivity contribution in [3.8, 4) is 17.0 Å². The molecule has 2 fully saturated rings. The van der Waals surface area contributed by atoms with Gasteiger partial charge in [0.1, 0.15) is 40.1 Å². The Morgan fingerprint density at radius 1 is 1.20 bits per heavy atom. The van der Waals surface area contributed by atoms with Gasteiger partial charge in [0.2, 0.25) is 11.9 Å². The first-order valence-electron chi connectivity index (χ1n) is 14.6. The average Bonchev–Trinajstić information content (AvgIpc) is 3.62. The van der Waals surface area contributed by atoms with Crippen molar-refractivity contribution in [1.29, 1.82) is 0 Å². The highest BCUT2D eigenvalue weighted by Crippen LogP contribution is 2.46. The Hall–Kier alpha value is -4.76. The summed E-state index contributed by atoms with van der Waals surface area (Å²) in [5.41, 5.74) is 4.32. The number of aryl methyl sites for hydroxylation is 1. The first-order chi connectivity index (χ1) is 21.6. The van der Waals surface area contributed by atoms with E-state index in [4.69, 9.17) is 10.5 Å². The zero-order valence-electron chi connectivity index (χ0n) is 25.4. The molecule has 2 aliphatic heterocycles. The molecule has 2 saturated heterocycles. The minimum Gasteiger partial charge on any atom is -0.493 e. The number of benzene rings is 1. The van der Waals surface area contributed by atoms with Crippen LogP contribution in [0.5, 0.6) is 5.75 Å². The highest BCUT2D eigenvalue weighted by molar-refractivity contribution is 6.05. The lowest BCUT2D eigenvalue weighted by Crippen LogP contribution is -2.44. The molecule has 1 aromatic carbocycles. The number of nitrogens with one attached hydrogen (secondary N) is 1. The monoisotopic (exact) mass is 646 g/mol. The first kappa shape index (κ1) is 31.2. The van der Waals surface area contributed by atoms with Crippen molar-refractivity contribution in [1.82, 2.24) is 29.0 Å². The van der Waals surface area contributed by atoms with Gasteiger partial charge in [-0.1, -0.05) is 13.8 Å². The molecule has 0 aliphatic carbocycles. The van der Waals surface area contributed by atoms with Crippen LogP contribution in [0.1, 0.15) is 67.8 Å². The standard InChI is InChI=1S/C30H31F5N8O3/c1-5-46-17-9-15(28(45)38-21-10-19(30(33,34)35)41(4)40-21)8-16(31)23(17)24-25-26(36)37-12-20(32)43(25)27(39-24)14-6-7-18-29(2,3)11-22(44)42(18)13-14/h8-10,12,14,18H,5-7,11,13H2,1-4H3,(H2,36,37)(H,38,40,45)/t14-,18+/m1/s1. The van der Waals surface area contributed by atoms with Crippen LogP contribution in [-0.2, 0) is 18.0 Å². The van der Waals surface area contributed by atoms with Gasteiger partial charge in [0, 0.05) is 43.6 Å². The molecule has 244 valence electrons. The van der Waals surface area contributed by atoms with Crippen LogP contribution in [0, 0.1) is 17.2 Å². The predicted octanol–water partition coefficient (Wildman–Crippen LogP) is 5.16. The second-order valence-electron chi connectivity index (χ2n) is 12.2. The number of carbonyl (C=O) groups excluding carboxylic acids is 2. The van der Waals surface area contributed by atoms with Crippen LogP contribution in [-0.4, -0.2) is 60.1 Å². The Kier molecular flexibility index (Phi) is 7.43. The molecule has 0 saturated carbocycles. The highest BCUT2D eigenvalue weighted by atomic mass is 19.4. The summed E-state index contributed by atoms with van der Waals surface area (Å²) in [5, 5.41) is 5.91. The summed E-state index contributed by atoms with van der Waals surface area (Å²) in [7, 11) is 1.07. The van der Waals surface area contributed by atoms with Gasteiger partial charge in [0.05, 0.1) is 18.4 Å². The number of hydrogen-bond acceptors (Lipinski definition) is 7. The van der Waals surface area contributed by atoms with Gasteiger partial charge >= 0.3 is 6.18 Å². The van der Waals surface area contributed by atoms with E-state index < -0.39 is 41.3 Å². The van der Waals surface area contributed by atoms with Gasteiger partial charge in [-0.2, -0.15) is 22.7 Å². The lowest BCUT2D eigenvalue weighted by atomic mass is 9.79. The van der Waals surface area contributed by atoms with Gasteiger partial charge in [0.15, 0.2) is 5.82 Å². The number of rotatable bonds is 6. The zero-order valence-corrected chi connectivity index (χ0v) is 25.4. The van der Waals surface area contributed by atoms with Crippen LogP contribution in [0.25, 0.3) is 16.8 Å². The third-order valence-corrected chi connectivity index (χ3v) is 8.71. The lowest BCUT2D eigenvalue weighted by molar-refractivity contribution is -0.143. The second kappa shape index (κ2) is 10.9. The van der Waals surface area contributed by atoms with E-state index in [-0.39, 0.29) is 70.2 Å². The van der Waals surface area contributed by atoms with Gasteiger partial charge in [0.25, 0.3) is 5.91 Å². The number of anilines is 2. The average molecular weight is 647 g/mol. The molecule has 11 nitrogen and oxygen atoms in total. The largest absolute Gasteiger partial charge is 0.493 e. The van der Waals surface area contributed by atoms with Crippen LogP contribution in [0.3, 0.4) is 0 Å². The van der Waals surface area contributed by atoms with Crippen LogP contribution < -0.4 is 15.8 Å². The molecule has 46 heavy (non-hydrogen) atoms. The van der Waals surface area contributed by atoms with Crippen molar-refractivity contribution in [2.24, 2.45) is 12.5 Å².